The number of carboxylic acid groups (broad SMARTS) is 1. The summed E-state index contributed by atoms with van der Waals surface area (Å²) in [6.45, 7) is 2.28. The van der Waals surface area contributed by atoms with Crippen molar-refractivity contribution in [1.82, 2.24) is 9.80 Å². The number of rotatable bonds is 3. The fourth-order valence-corrected chi connectivity index (χ4v) is 4.91. The monoisotopic (exact) mass is 360 g/mol. The lowest BCUT2D eigenvalue weighted by atomic mass is 9.92. The summed E-state index contributed by atoms with van der Waals surface area (Å²) in [5, 5.41) is 9.32. The molecule has 3 aliphatic rings. The van der Waals surface area contributed by atoms with Crippen molar-refractivity contribution in [3.8, 4) is 0 Å². The highest BCUT2D eigenvalue weighted by Crippen LogP contribution is 2.33. The third-order valence-corrected chi connectivity index (χ3v) is 6.26. The lowest BCUT2D eigenvalue weighted by molar-refractivity contribution is 0.0502. The van der Waals surface area contributed by atoms with Crippen LogP contribution in [-0.4, -0.2) is 52.0 Å². The number of fused-ring (bicyclic) bond motifs is 1. The van der Waals surface area contributed by atoms with E-state index in [2.05, 4.69) is 4.90 Å². The number of hydrogen-bond acceptors (Lipinski definition) is 3. The predicted octanol–water partition coefficient (Wildman–Crippen LogP) is 3.28. The minimum Gasteiger partial charge on any atom is -0.478 e. The second kappa shape index (κ2) is 6.99. The first-order valence-electron chi connectivity index (χ1n) is 9.65. The molecule has 1 saturated carbocycles. The average Bonchev–Trinajstić information content (AvgIpc) is 2.98. The summed E-state index contributed by atoms with van der Waals surface area (Å²) in [5.74, 6) is -2.10. The largest absolute Gasteiger partial charge is 0.478 e. The van der Waals surface area contributed by atoms with Gasteiger partial charge in [0.15, 0.2) is 0 Å². The minimum absolute atomic E-state index is 0.111. The van der Waals surface area contributed by atoms with Crippen LogP contribution in [0.3, 0.4) is 0 Å². The summed E-state index contributed by atoms with van der Waals surface area (Å²) in [7, 11) is 0. The number of benzene rings is 1. The molecule has 0 radical (unpaired) electrons. The molecule has 4 rings (SSSR count). The fourth-order valence-electron chi connectivity index (χ4n) is 4.91. The number of aromatic carboxylic acids is 1. The molecule has 0 bridgehead atoms. The summed E-state index contributed by atoms with van der Waals surface area (Å²) in [5.41, 5.74) is 0.461. The first-order chi connectivity index (χ1) is 12.5. The van der Waals surface area contributed by atoms with Crippen molar-refractivity contribution >= 4 is 11.9 Å². The zero-order valence-electron chi connectivity index (χ0n) is 14.9. The Balaban J connectivity index is 1.46. The van der Waals surface area contributed by atoms with E-state index < -0.39 is 11.8 Å². The van der Waals surface area contributed by atoms with E-state index in [1.54, 1.807) is 4.90 Å². The molecule has 0 spiro atoms. The summed E-state index contributed by atoms with van der Waals surface area (Å²) < 4.78 is 13.7. The number of carbonyl (C=O) groups excluding carboxylic acids is 1. The zero-order valence-corrected chi connectivity index (χ0v) is 14.9. The van der Waals surface area contributed by atoms with Gasteiger partial charge in [-0.15, -0.1) is 0 Å². The Labute approximate surface area is 152 Å². The molecule has 0 unspecified atom stereocenters. The lowest BCUT2D eigenvalue weighted by Gasteiger charge is -2.41. The number of carbonyl (C=O) groups is 2. The highest BCUT2D eigenvalue weighted by molar-refractivity contribution is 6.07. The quantitative estimate of drug-likeness (QED) is 0.899. The summed E-state index contributed by atoms with van der Waals surface area (Å²) in [4.78, 5) is 28.6. The SMILES string of the molecule is O=C(O)c1cc(F)cc2c1C(=O)N(C1CCN(C3CCCCC3)CC1)C2. The molecule has 0 atom stereocenters. The van der Waals surface area contributed by atoms with Gasteiger partial charge in [0.25, 0.3) is 5.91 Å². The van der Waals surface area contributed by atoms with Crippen molar-refractivity contribution in [2.24, 2.45) is 0 Å². The van der Waals surface area contributed by atoms with Crippen LogP contribution < -0.4 is 0 Å². The van der Waals surface area contributed by atoms with Gasteiger partial charge in [-0.2, -0.15) is 0 Å². The minimum atomic E-state index is -1.25. The van der Waals surface area contributed by atoms with Crippen LogP contribution in [0.2, 0.25) is 0 Å². The lowest BCUT2D eigenvalue weighted by Crippen LogP contribution is -2.48. The molecule has 1 aliphatic carbocycles. The molecule has 5 nitrogen and oxygen atoms in total. The van der Waals surface area contributed by atoms with Crippen molar-refractivity contribution in [3.63, 3.8) is 0 Å². The number of halogens is 1. The van der Waals surface area contributed by atoms with E-state index in [0.717, 1.165) is 32.0 Å². The van der Waals surface area contributed by atoms with Crippen LogP contribution in [0.15, 0.2) is 12.1 Å². The Morgan fingerprint density at radius 2 is 1.73 bits per heavy atom. The molecule has 1 N–H and O–H groups in total. The van der Waals surface area contributed by atoms with Gasteiger partial charge < -0.3 is 14.9 Å². The van der Waals surface area contributed by atoms with Crippen LogP contribution >= 0.6 is 0 Å². The third kappa shape index (κ3) is 3.11. The van der Waals surface area contributed by atoms with Gasteiger partial charge in [-0.05, 0) is 43.4 Å². The average molecular weight is 360 g/mol. The molecule has 2 aliphatic heterocycles. The van der Waals surface area contributed by atoms with Gasteiger partial charge in [0.1, 0.15) is 5.82 Å². The van der Waals surface area contributed by atoms with E-state index in [-0.39, 0.29) is 23.1 Å². The van der Waals surface area contributed by atoms with Crippen molar-refractivity contribution in [2.45, 2.75) is 63.6 Å². The standard InChI is InChI=1S/C20H25FN2O3/c21-14-10-13-12-23(19(24)18(13)17(11-14)20(25)26)16-6-8-22(9-7-16)15-4-2-1-3-5-15/h10-11,15-16H,1-9,12H2,(H,25,26). The molecular weight excluding hydrogens is 335 g/mol. The molecule has 6 heteroatoms. The number of piperidine rings is 1. The van der Waals surface area contributed by atoms with Crippen LogP contribution in [0.25, 0.3) is 0 Å². The number of likely N-dealkylation sites (tertiary alicyclic amines) is 1. The van der Waals surface area contributed by atoms with Crippen molar-refractivity contribution in [1.29, 1.82) is 0 Å². The summed E-state index contributed by atoms with van der Waals surface area (Å²) >= 11 is 0. The number of hydrogen-bond donors (Lipinski definition) is 1. The summed E-state index contributed by atoms with van der Waals surface area (Å²) in [6.07, 6.45) is 8.33. The van der Waals surface area contributed by atoms with Gasteiger partial charge in [0, 0.05) is 31.7 Å². The van der Waals surface area contributed by atoms with Crippen molar-refractivity contribution in [2.75, 3.05) is 13.1 Å². The number of amides is 1. The molecule has 1 saturated heterocycles. The van der Waals surface area contributed by atoms with E-state index >= 15 is 0 Å². The molecule has 2 heterocycles. The smallest absolute Gasteiger partial charge is 0.336 e. The maximum Gasteiger partial charge on any atom is 0.336 e. The van der Waals surface area contributed by atoms with Crippen LogP contribution in [0.1, 0.15) is 71.2 Å². The van der Waals surface area contributed by atoms with Gasteiger partial charge in [0.2, 0.25) is 0 Å². The Morgan fingerprint density at radius 3 is 2.38 bits per heavy atom. The van der Waals surface area contributed by atoms with Gasteiger partial charge in [-0.3, -0.25) is 4.79 Å². The third-order valence-electron chi connectivity index (χ3n) is 6.26. The molecule has 140 valence electrons. The van der Waals surface area contributed by atoms with Crippen molar-refractivity contribution < 1.29 is 19.1 Å². The number of carboxylic acids is 1. The Morgan fingerprint density at radius 1 is 1.04 bits per heavy atom. The Bertz CT molecular complexity index is 722. The molecule has 1 aromatic carbocycles. The topological polar surface area (TPSA) is 60.9 Å². The maximum absolute atomic E-state index is 13.7. The second-order valence-corrected chi connectivity index (χ2v) is 7.78. The summed E-state index contributed by atoms with van der Waals surface area (Å²) in [6, 6.07) is 3.05. The molecule has 1 aromatic rings. The highest BCUT2D eigenvalue weighted by atomic mass is 19.1. The van der Waals surface area contributed by atoms with E-state index in [1.807, 2.05) is 0 Å². The Kier molecular flexibility index (Phi) is 4.69. The van der Waals surface area contributed by atoms with E-state index in [4.69, 9.17) is 0 Å². The maximum atomic E-state index is 13.7. The van der Waals surface area contributed by atoms with Crippen LogP contribution in [-0.2, 0) is 6.54 Å². The number of nitrogens with zero attached hydrogens (tertiary/aromatic N) is 2. The van der Waals surface area contributed by atoms with Gasteiger partial charge in [0.05, 0.1) is 11.1 Å². The van der Waals surface area contributed by atoms with Crippen LogP contribution in [0, 0.1) is 5.82 Å². The van der Waals surface area contributed by atoms with Gasteiger partial charge >= 0.3 is 5.97 Å². The fraction of sp³-hybridized carbons (Fsp3) is 0.600. The molecule has 0 aromatic heterocycles. The molecule has 2 fully saturated rings. The highest BCUT2D eigenvalue weighted by Gasteiger charge is 2.38. The molecule has 26 heavy (non-hydrogen) atoms. The van der Waals surface area contributed by atoms with Crippen molar-refractivity contribution in [3.05, 3.63) is 34.6 Å². The predicted molar refractivity (Wildman–Crippen MR) is 94.7 cm³/mol. The first-order valence-corrected chi connectivity index (χ1v) is 9.65. The van der Waals surface area contributed by atoms with E-state index in [1.165, 1.54) is 38.2 Å². The first kappa shape index (κ1) is 17.5. The van der Waals surface area contributed by atoms with Gasteiger partial charge in [-0.25, -0.2) is 9.18 Å². The van der Waals surface area contributed by atoms with E-state index in [0.29, 0.717) is 18.2 Å². The Hall–Kier alpha value is -1.95. The molecule has 1 amide bonds. The molecular formula is C20H25FN2O3. The van der Waals surface area contributed by atoms with Crippen LogP contribution in [0.5, 0.6) is 0 Å². The van der Waals surface area contributed by atoms with Crippen LogP contribution in [0.4, 0.5) is 4.39 Å². The van der Waals surface area contributed by atoms with E-state index in [9.17, 15) is 19.1 Å². The second-order valence-electron chi connectivity index (χ2n) is 7.78. The normalized spacial score (nSPS) is 22.7. The zero-order chi connectivity index (χ0) is 18.3. The van der Waals surface area contributed by atoms with Gasteiger partial charge in [-0.1, -0.05) is 19.3 Å².